The summed E-state index contributed by atoms with van der Waals surface area (Å²) in [6.45, 7) is -2.84. The Kier molecular flexibility index (Phi) is 4.44. The van der Waals surface area contributed by atoms with E-state index < -0.39 is 12.6 Å². The first kappa shape index (κ1) is 12.2. The highest BCUT2D eigenvalue weighted by atomic mass is 19.3. The van der Waals surface area contributed by atoms with E-state index in [0.717, 1.165) is 0 Å². The summed E-state index contributed by atoms with van der Waals surface area (Å²) in [5, 5.41) is 0. The minimum Gasteiger partial charge on any atom is -0.466 e. The number of esters is 1. The molecule has 0 fully saturated rings. The Bertz CT molecular complexity index is 371. The van der Waals surface area contributed by atoms with Crippen molar-refractivity contribution >= 4 is 12.0 Å². The van der Waals surface area contributed by atoms with E-state index in [-0.39, 0.29) is 5.75 Å². The summed E-state index contributed by atoms with van der Waals surface area (Å²) in [6, 6.07) is 5.89. The molecule has 0 atom stereocenters. The molecule has 86 valence electrons. The zero-order chi connectivity index (χ0) is 12.0. The number of rotatable bonds is 4. The quantitative estimate of drug-likeness (QED) is 0.586. The summed E-state index contributed by atoms with van der Waals surface area (Å²) in [4.78, 5) is 10.8. The van der Waals surface area contributed by atoms with Gasteiger partial charge in [0.25, 0.3) is 0 Å². The molecule has 1 aromatic rings. The van der Waals surface area contributed by atoms with Gasteiger partial charge in [-0.2, -0.15) is 8.78 Å². The minimum absolute atomic E-state index is 0.0743. The van der Waals surface area contributed by atoms with E-state index in [9.17, 15) is 13.6 Å². The van der Waals surface area contributed by atoms with Crippen molar-refractivity contribution in [1.82, 2.24) is 0 Å². The second-order valence-electron chi connectivity index (χ2n) is 2.80. The van der Waals surface area contributed by atoms with E-state index in [1.165, 1.54) is 31.4 Å². The highest BCUT2D eigenvalue weighted by molar-refractivity contribution is 5.86. The van der Waals surface area contributed by atoms with Crippen molar-refractivity contribution in [3.8, 4) is 5.75 Å². The molecule has 0 amide bonds. The van der Waals surface area contributed by atoms with Gasteiger partial charge in [0.1, 0.15) is 5.75 Å². The Morgan fingerprint density at radius 1 is 1.31 bits per heavy atom. The topological polar surface area (TPSA) is 35.5 Å². The van der Waals surface area contributed by atoms with Crippen molar-refractivity contribution in [2.75, 3.05) is 7.11 Å². The third-order valence-electron chi connectivity index (χ3n) is 1.72. The molecule has 0 unspecified atom stereocenters. The Morgan fingerprint density at radius 3 is 2.44 bits per heavy atom. The van der Waals surface area contributed by atoms with Crippen LogP contribution in [0.25, 0.3) is 6.08 Å². The average Bonchev–Trinajstić information content (AvgIpc) is 2.27. The molecule has 5 heteroatoms. The van der Waals surface area contributed by atoms with E-state index >= 15 is 0 Å². The lowest BCUT2D eigenvalue weighted by Crippen LogP contribution is -2.01. The monoisotopic (exact) mass is 228 g/mol. The predicted molar refractivity (Wildman–Crippen MR) is 54.1 cm³/mol. The molecule has 0 spiro atoms. The number of carbonyl (C=O) groups excluding carboxylic acids is 1. The molecule has 0 N–H and O–H groups in total. The Morgan fingerprint density at radius 2 is 1.94 bits per heavy atom. The van der Waals surface area contributed by atoms with Crippen LogP contribution in [0.15, 0.2) is 30.3 Å². The number of ether oxygens (including phenoxy) is 2. The first-order valence-electron chi connectivity index (χ1n) is 4.42. The van der Waals surface area contributed by atoms with Gasteiger partial charge in [-0.3, -0.25) is 0 Å². The second-order valence-corrected chi connectivity index (χ2v) is 2.80. The Balaban J connectivity index is 2.64. The van der Waals surface area contributed by atoms with Crippen molar-refractivity contribution in [2.24, 2.45) is 0 Å². The molecule has 0 aromatic heterocycles. The lowest BCUT2D eigenvalue weighted by molar-refractivity contribution is -0.134. The number of methoxy groups -OCH3 is 1. The van der Waals surface area contributed by atoms with Crippen LogP contribution in [-0.2, 0) is 9.53 Å². The van der Waals surface area contributed by atoms with Crippen molar-refractivity contribution in [3.05, 3.63) is 35.9 Å². The molecule has 3 nitrogen and oxygen atoms in total. The van der Waals surface area contributed by atoms with Gasteiger partial charge < -0.3 is 9.47 Å². The number of benzene rings is 1. The molecule has 0 bridgehead atoms. The molecule has 1 rings (SSSR count). The zero-order valence-corrected chi connectivity index (χ0v) is 8.52. The number of hydrogen-bond acceptors (Lipinski definition) is 3. The van der Waals surface area contributed by atoms with Gasteiger partial charge in [-0.05, 0) is 23.8 Å². The van der Waals surface area contributed by atoms with Crippen molar-refractivity contribution in [2.45, 2.75) is 6.61 Å². The van der Waals surface area contributed by atoms with Crippen molar-refractivity contribution < 1.29 is 23.0 Å². The molecule has 16 heavy (non-hydrogen) atoms. The normalized spacial score (nSPS) is 10.8. The fraction of sp³-hybridized carbons (Fsp3) is 0.182. The summed E-state index contributed by atoms with van der Waals surface area (Å²) < 4.78 is 32.2. The summed E-state index contributed by atoms with van der Waals surface area (Å²) in [5.41, 5.74) is 0.687. The third kappa shape index (κ3) is 4.08. The maximum Gasteiger partial charge on any atom is 0.387 e. The van der Waals surface area contributed by atoms with Gasteiger partial charge in [0, 0.05) is 6.08 Å². The van der Waals surface area contributed by atoms with Gasteiger partial charge in [0.15, 0.2) is 0 Å². The first-order chi connectivity index (χ1) is 7.61. The third-order valence-corrected chi connectivity index (χ3v) is 1.72. The van der Waals surface area contributed by atoms with E-state index in [0.29, 0.717) is 5.56 Å². The molecular formula is C11H10F2O3. The molecule has 0 saturated heterocycles. The Hall–Kier alpha value is -1.91. The number of halogens is 2. The lowest BCUT2D eigenvalue weighted by Gasteiger charge is -2.03. The minimum atomic E-state index is -2.84. The molecule has 0 saturated carbocycles. The van der Waals surface area contributed by atoms with Crippen molar-refractivity contribution in [3.63, 3.8) is 0 Å². The van der Waals surface area contributed by atoms with Crippen LogP contribution in [-0.4, -0.2) is 19.7 Å². The summed E-state index contributed by atoms with van der Waals surface area (Å²) in [5.74, 6) is -0.405. The van der Waals surface area contributed by atoms with Gasteiger partial charge in [0.05, 0.1) is 7.11 Å². The van der Waals surface area contributed by atoms with Gasteiger partial charge in [0.2, 0.25) is 0 Å². The summed E-state index contributed by atoms with van der Waals surface area (Å²) >= 11 is 0. The van der Waals surface area contributed by atoms with E-state index in [1.807, 2.05) is 0 Å². The van der Waals surface area contributed by atoms with E-state index in [4.69, 9.17) is 0 Å². The van der Waals surface area contributed by atoms with Crippen molar-refractivity contribution in [1.29, 1.82) is 0 Å². The maximum absolute atomic E-state index is 11.8. The lowest BCUT2D eigenvalue weighted by atomic mass is 10.2. The van der Waals surface area contributed by atoms with E-state index in [2.05, 4.69) is 9.47 Å². The van der Waals surface area contributed by atoms with Crippen LogP contribution in [0.1, 0.15) is 5.56 Å². The maximum atomic E-state index is 11.8. The largest absolute Gasteiger partial charge is 0.466 e. The Labute approximate surface area is 91.3 Å². The molecule has 0 aliphatic rings. The SMILES string of the molecule is COC(=O)/C=C/c1ccc(OC(F)F)cc1. The van der Waals surface area contributed by atoms with Crippen LogP contribution in [0.4, 0.5) is 8.78 Å². The van der Waals surface area contributed by atoms with E-state index in [1.54, 1.807) is 12.1 Å². The van der Waals surface area contributed by atoms with Crippen LogP contribution in [0.3, 0.4) is 0 Å². The fourth-order valence-electron chi connectivity index (χ4n) is 0.993. The standard InChI is InChI=1S/C11H10F2O3/c1-15-10(14)7-4-8-2-5-9(6-3-8)16-11(12)13/h2-7,11H,1H3/b7-4+. The fourth-order valence-corrected chi connectivity index (χ4v) is 0.993. The van der Waals surface area contributed by atoms with Gasteiger partial charge >= 0.3 is 12.6 Å². The number of carbonyl (C=O) groups is 1. The number of alkyl halides is 2. The van der Waals surface area contributed by atoms with Crippen LogP contribution >= 0.6 is 0 Å². The molecule has 1 aromatic carbocycles. The first-order valence-corrected chi connectivity index (χ1v) is 4.42. The molecule has 0 aliphatic heterocycles. The molecule has 0 aliphatic carbocycles. The molecule has 0 heterocycles. The molecular weight excluding hydrogens is 218 g/mol. The zero-order valence-electron chi connectivity index (χ0n) is 8.52. The second kappa shape index (κ2) is 5.85. The van der Waals surface area contributed by atoms with Crippen LogP contribution in [0, 0.1) is 0 Å². The summed E-state index contributed by atoms with van der Waals surface area (Å²) in [7, 11) is 1.27. The van der Waals surface area contributed by atoms with Crippen LogP contribution in [0.5, 0.6) is 5.75 Å². The average molecular weight is 228 g/mol. The van der Waals surface area contributed by atoms with Crippen LogP contribution in [0.2, 0.25) is 0 Å². The molecule has 0 radical (unpaired) electrons. The van der Waals surface area contributed by atoms with Gasteiger partial charge in [-0.15, -0.1) is 0 Å². The van der Waals surface area contributed by atoms with Gasteiger partial charge in [-0.25, -0.2) is 4.79 Å². The highest BCUT2D eigenvalue weighted by Crippen LogP contribution is 2.15. The summed E-state index contributed by atoms with van der Waals surface area (Å²) in [6.07, 6.45) is 2.75. The highest BCUT2D eigenvalue weighted by Gasteiger charge is 2.02. The van der Waals surface area contributed by atoms with Gasteiger partial charge in [-0.1, -0.05) is 12.1 Å². The van der Waals surface area contributed by atoms with Crippen LogP contribution < -0.4 is 4.74 Å². The predicted octanol–water partition coefficient (Wildman–Crippen LogP) is 2.47. The smallest absolute Gasteiger partial charge is 0.387 e. The number of hydrogen-bond donors (Lipinski definition) is 0.